The molecule has 4 heteroatoms. The molecule has 19 heavy (non-hydrogen) atoms. The average Bonchev–Trinajstić information content (AvgIpc) is 2.46. The van der Waals surface area contributed by atoms with Crippen molar-refractivity contribution in [2.75, 3.05) is 6.61 Å². The van der Waals surface area contributed by atoms with E-state index in [0.29, 0.717) is 17.7 Å². The molecule has 0 aliphatic carbocycles. The van der Waals surface area contributed by atoms with Gasteiger partial charge in [-0.3, -0.25) is 0 Å². The molecule has 3 rings (SSSR count). The van der Waals surface area contributed by atoms with Crippen LogP contribution in [0.1, 0.15) is 17.3 Å². The Labute approximate surface area is 110 Å². The highest BCUT2D eigenvalue weighted by atomic mass is 16.5. The van der Waals surface area contributed by atoms with Crippen LogP contribution in [0, 0.1) is 0 Å². The Bertz CT molecular complexity index is 768. The Balaban J connectivity index is 2.32. The highest BCUT2D eigenvalue weighted by Gasteiger charge is 2.13. The number of carbonyl (C=O) groups is 1. The van der Waals surface area contributed by atoms with Crippen molar-refractivity contribution in [3.05, 3.63) is 48.0 Å². The minimum atomic E-state index is -0.363. The maximum Gasteiger partial charge on any atom is 0.340 e. The Morgan fingerprint density at radius 1 is 1.05 bits per heavy atom. The number of rotatable bonds is 2. The van der Waals surface area contributed by atoms with Gasteiger partial charge < -0.3 is 4.74 Å². The molecule has 0 radical (unpaired) electrons. The molecule has 3 aromatic rings. The molecule has 0 spiro atoms. The second kappa shape index (κ2) is 4.65. The maximum absolute atomic E-state index is 11.9. The minimum absolute atomic E-state index is 0.343. The van der Waals surface area contributed by atoms with Gasteiger partial charge in [0.05, 0.1) is 17.7 Å². The normalized spacial score (nSPS) is 10.8. The summed E-state index contributed by atoms with van der Waals surface area (Å²) in [6, 6.07) is 13.2. The third-order valence-corrected chi connectivity index (χ3v) is 2.98. The van der Waals surface area contributed by atoms with Crippen molar-refractivity contribution >= 4 is 27.8 Å². The van der Waals surface area contributed by atoms with Gasteiger partial charge in [-0.2, -0.15) is 0 Å². The van der Waals surface area contributed by atoms with Crippen LogP contribution in [0.3, 0.4) is 0 Å². The standard InChI is InChI=1S/C15H12N2O2/c1-2-19-15(18)12-8-5-7-11-10-6-3-4-9-13(10)16-17-14(11)12/h3-9H,2H2,1H3. The smallest absolute Gasteiger partial charge is 0.340 e. The summed E-state index contributed by atoms with van der Waals surface area (Å²) in [7, 11) is 0. The molecule has 0 aliphatic heterocycles. The molecule has 0 bridgehead atoms. The summed E-state index contributed by atoms with van der Waals surface area (Å²) < 4.78 is 5.04. The molecule has 1 aromatic heterocycles. The summed E-state index contributed by atoms with van der Waals surface area (Å²) in [6.07, 6.45) is 0. The second-order valence-electron chi connectivity index (χ2n) is 4.14. The zero-order valence-corrected chi connectivity index (χ0v) is 10.5. The Hall–Kier alpha value is -2.49. The third kappa shape index (κ3) is 1.91. The summed E-state index contributed by atoms with van der Waals surface area (Å²) in [5.74, 6) is -0.363. The van der Waals surface area contributed by atoms with Crippen LogP contribution < -0.4 is 0 Å². The summed E-state index contributed by atoms with van der Waals surface area (Å²) in [4.78, 5) is 11.9. The van der Waals surface area contributed by atoms with Gasteiger partial charge in [-0.25, -0.2) is 4.79 Å². The highest BCUT2D eigenvalue weighted by molar-refractivity contribution is 6.10. The Morgan fingerprint density at radius 3 is 2.68 bits per heavy atom. The molecule has 2 aromatic carbocycles. The monoisotopic (exact) mass is 252 g/mol. The van der Waals surface area contributed by atoms with E-state index in [1.54, 1.807) is 13.0 Å². The van der Waals surface area contributed by atoms with Gasteiger partial charge in [-0.1, -0.05) is 30.3 Å². The molecule has 0 fully saturated rings. The van der Waals surface area contributed by atoms with Crippen LogP contribution in [0.2, 0.25) is 0 Å². The first kappa shape index (κ1) is 11.6. The van der Waals surface area contributed by atoms with Crippen molar-refractivity contribution in [2.45, 2.75) is 6.92 Å². The number of ether oxygens (including phenoxy) is 1. The first-order valence-electron chi connectivity index (χ1n) is 6.12. The van der Waals surface area contributed by atoms with Crippen molar-refractivity contribution in [3.8, 4) is 0 Å². The molecule has 0 unspecified atom stereocenters. The van der Waals surface area contributed by atoms with E-state index >= 15 is 0 Å². The van der Waals surface area contributed by atoms with E-state index < -0.39 is 0 Å². The lowest BCUT2D eigenvalue weighted by Crippen LogP contribution is -2.06. The second-order valence-corrected chi connectivity index (χ2v) is 4.14. The maximum atomic E-state index is 11.9. The fourth-order valence-electron chi connectivity index (χ4n) is 2.13. The van der Waals surface area contributed by atoms with E-state index in [1.165, 1.54) is 0 Å². The van der Waals surface area contributed by atoms with Gasteiger partial charge in [0.25, 0.3) is 0 Å². The van der Waals surface area contributed by atoms with Gasteiger partial charge in [0.15, 0.2) is 0 Å². The molecule has 0 amide bonds. The zero-order valence-electron chi connectivity index (χ0n) is 10.5. The molecule has 0 saturated carbocycles. The van der Waals surface area contributed by atoms with Gasteiger partial charge in [-0.05, 0) is 19.1 Å². The number of carbonyl (C=O) groups excluding carboxylic acids is 1. The molecule has 1 heterocycles. The fraction of sp³-hybridized carbons (Fsp3) is 0.133. The average molecular weight is 252 g/mol. The molecule has 94 valence electrons. The lowest BCUT2D eigenvalue weighted by atomic mass is 10.1. The van der Waals surface area contributed by atoms with Gasteiger partial charge in [0.1, 0.15) is 5.52 Å². The number of hydrogen-bond acceptors (Lipinski definition) is 4. The van der Waals surface area contributed by atoms with E-state index in [2.05, 4.69) is 10.2 Å². The summed E-state index contributed by atoms with van der Waals surface area (Å²) in [5.41, 5.74) is 1.85. The largest absolute Gasteiger partial charge is 0.462 e. The predicted molar refractivity (Wildman–Crippen MR) is 73.0 cm³/mol. The third-order valence-electron chi connectivity index (χ3n) is 2.98. The Morgan fingerprint density at radius 2 is 1.84 bits per heavy atom. The van der Waals surface area contributed by atoms with Crippen molar-refractivity contribution in [1.82, 2.24) is 10.2 Å². The van der Waals surface area contributed by atoms with Gasteiger partial charge in [-0.15, -0.1) is 10.2 Å². The van der Waals surface area contributed by atoms with Crippen LogP contribution in [-0.2, 0) is 4.74 Å². The van der Waals surface area contributed by atoms with Crippen molar-refractivity contribution in [3.63, 3.8) is 0 Å². The number of benzene rings is 2. The van der Waals surface area contributed by atoms with Crippen LogP contribution in [-0.4, -0.2) is 22.8 Å². The lowest BCUT2D eigenvalue weighted by Gasteiger charge is -2.06. The van der Waals surface area contributed by atoms with Crippen molar-refractivity contribution < 1.29 is 9.53 Å². The summed E-state index contributed by atoms with van der Waals surface area (Å²) in [5, 5.41) is 10.2. The van der Waals surface area contributed by atoms with Gasteiger partial charge in [0, 0.05) is 10.8 Å². The predicted octanol–water partition coefficient (Wildman–Crippen LogP) is 2.96. The first-order valence-corrected chi connectivity index (χ1v) is 6.12. The van der Waals surface area contributed by atoms with E-state index in [9.17, 15) is 4.79 Å². The van der Waals surface area contributed by atoms with Gasteiger partial charge in [0.2, 0.25) is 0 Å². The van der Waals surface area contributed by atoms with Crippen LogP contribution in [0.4, 0.5) is 0 Å². The SMILES string of the molecule is CCOC(=O)c1cccc2c1nnc1ccccc12. The van der Waals surface area contributed by atoms with Crippen molar-refractivity contribution in [1.29, 1.82) is 0 Å². The molecule has 0 N–H and O–H groups in total. The van der Waals surface area contributed by atoms with Crippen LogP contribution >= 0.6 is 0 Å². The number of fused-ring (bicyclic) bond motifs is 3. The van der Waals surface area contributed by atoms with E-state index in [4.69, 9.17) is 4.74 Å². The van der Waals surface area contributed by atoms with E-state index in [1.807, 2.05) is 36.4 Å². The Kier molecular flexibility index (Phi) is 2.83. The zero-order chi connectivity index (χ0) is 13.2. The van der Waals surface area contributed by atoms with Crippen LogP contribution in [0.5, 0.6) is 0 Å². The first-order chi connectivity index (χ1) is 9.31. The molecule has 0 aliphatic rings. The van der Waals surface area contributed by atoms with E-state index in [0.717, 1.165) is 16.3 Å². The number of aromatic nitrogens is 2. The lowest BCUT2D eigenvalue weighted by molar-refractivity contribution is 0.0528. The number of esters is 1. The molecule has 0 atom stereocenters. The quantitative estimate of drug-likeness (QED) is 0.519. The molecular weight excluding hydrogens is 240 g/mol. The molecular formula is C15H12N2O2. The van der Waals surface area contributed by atoms with Crippen LogP contribution in [0.15, 0.2) is 42.5 Å². The van der Waals surface area contributed by atoms with Crippen LogP contribution in [0.25, 0.3) is 21.8 Å². The fourth-order valence-corrected chi connectivity index (χ4v) is 2.13. The summed E-state index contributed by atoms with van der Waals surface area (Å²) >= 11 is 0. The van der Waals surface area contributed by atoms with Gasteiger partial charge >= 0.3 is 5.97 Å². The van der Waals surface area contributed by atoms with E-state index in [-0.39, 0.29) is 5.97 Å². The topological polar surface area (TPSA) is 52.1 Å². The number of hydrogen-bond donors (Lipinski definition) is 0. The minimum Gasteiger partial charge on any atom is -0.462 e. The molecule has 4 nitrogen and oxygen atoms in total. The van der Waals surface area contributed by atoms with Crippen molar-refractivity contribution in [2.24, 2.45) is 0 Å². The highest BCUT2D eigenvalue weighted by Crippen LogP contribution is 2.24. The summed E-state index contributed by atoms with van der Waals surface area (Å²) in [6.45, 7) is 2.13. The number of nitrogens with zero attached hydrogens (tertiary/aromatic N) is 2. The molecule has 0 saturated heterocycles.